The van der Waals surface area contributed by atoms with E-state index >= 15 is 0 Å². The lowest BCUT2D eigenvalue weighted by molar-refractivity contribution is 0.0948. The van der Waals surface area contributed by atoms with Crippen molar-refractivity contribution in [3.63, 3.8) is 0 Å². The topological polar surface area (TPSA) is 86.8 Å². The summed E-state index contributed by atoms with van der Waals surface area (Å²) in [5.74, 6) is 1.25. The quantitative estimate of drug-likeness (QED) is 0.335. The van der Waals surface area contributed by atoms with Crippen molar-refractivity contribution in [1.29, 1.82) is 0 Å². The second-order valence-electron chi connectivity index (χ2n) is 9.43. The fourth-order valence-electron chi connectivity index (χ4n) is 5.08. The maximum absolute atomic E-state index is 13.4. The number of rotatable bonds is 6. The van der Waals surface area contributed by atoms with E-state index in [1.807, 2.05) is 61.5 Å². The van der Waals surface area contributed by atoms with E-state index in [9.17, 15) is 9.59 Å². The zero-order valence-corrected chi connectivity index (χ0v) is 21.5. The summed E-state index contributed by atoms with van der Waals surface area (Å²) in [5.41, 5.74) is 2.85. The molecule has 2 aromatic carbocycles. The van der Waals surface area contributed by atoms with Crippen LogP contribution >= 0.6 is 11.3 Å². The second kappa shape index (κ2) is 9.49. The Morgan fingerprint density at radius 3 is 2.76 bits per heavy atom. The Kier molecular flexibility index (Phi) is 6.02. The minimum Gasteiger partial charge on any atom is -0.457 e. The molecule has 0 saturated carbocycles. The van der Waals surface area contributed by atoms with Crippen LogP contribution in [0.5, 0.6) is 11.5 Å². The highest BCUT2D eigenvalue weighted by atomic mass is 32.1. The molecule has 0 spiro atoms. The van der Waals surface area contributed by atoms with Crippen LogP contribution in [-0.2, 0) is 0 Å². The normalized spacial score (nSPS) is 17.2. The SMILES string of the molecule is Cc1cc(Oc2ccccc2)ccc1N1C(=O)Nc2c(C(=O)NCC3CCCN3C)sc3nccc1c23. The van der Waals surface area contributed by atoms with Crippen molar-refractivity contribution in [2.24, 2.45) is 0 Å². The van der Waals surface area contributed by atoms with Gasteiger partial charge in [0.2, 0.25) is 0 Å². The van der Waals surface area contributed by atoms with Gasteiger partial charge in [-0.2, -0.15) is 0 Å². The number of para-hydroxylation sites is 1. The van der Waals surface area contributed by atoms with Gasteiger partial charge in [0.05, 0.1) is 22.4 Å². The predicted octanol–water partition coefficient (Wildman–Crippen LogP) is 5.90. The monoisotopic (exact) mass is 513 g/mol. The first-order valence-corrected chi connectivity index (χ1v) is 13.2. The van der Waals surface area contributed by atoms with Crippen molar-refractivity contribution >= 4 is 50.6 Å². The lowest BCUT2D eigenvalue weighted by Gasteiger charge is -2.29. The van der Waals surface area contributed by atoms with Crippen molar-refractivity contribution in [3.8, 4) is 11.5 Å². The number of hydrogen-bond acceptors (Lipinski definition) is 6. The third-order valence-corrected chi connectivity index (χ3v) is 8.11. The molecule has 2 N–H and O–H groups in total. The van der Waals surface area contributed by atoms with E-state index in [1.54, 1.807) is 11.1 Å². The first-order valence-electron chi connectivity index (χ1n) is 12.3. The molecule has 2 aliphatic heterocycles. The van der Waals surface area contributed by atoms with E-state index in [-0.39, 0.29) is 11.9 Å². The Labute approximate surface area is 218 Å². The number of pyridine rings is 1. The molecular formula is C28H27N5O3S. The average Bonchev–Trinajstić information content (AvgIpc) is 3.48. The van der Waals surface area contributed by atoms with Gasteiger partial charge in [-0.05, 0) is 75.3 Å². The Hall–Kier alpha value is -3.95. The predicted molar refractivity (Wildman–Crippen MR) is 146 cm³/mol. The van der Waals surface area contributed by atoms with E-state index in [4.69, 9.17) is 4.74 Å². The van der Waals surface area contributed by atoms with Gasteiger partial charge >= 0.3 is 6.03 Å². The number of aryl methyl sites for hydroxylation is 1. The molecule has 1 fully saturated rings. The number of nitrogens with one attached hydrogen (secondary N) is 2. The summed E-state index contributed by atoms with van der Waals surface area (Å²) in [6.07, 6.45) is 3.89. The maximum Gasteiger partial charge on any atom is 0.331 e. The Morgan fingerprint density at radius 1 is 1.16 bits per heavy atom. The first-order chi connectivity index (χ1) is 18.0. The standard InChI is InChI=1S/C28H27N5O3S/c1-17-15-20(36-19-8-4-3-5-9-19)10-11-21(17)33-22-12-13-29-27-23(22)24(31-28(33)35)25(37-27)26(34)30-16-18-7-6-14-32(18)2/h3-5,8-13,15,18H,6-7,14,16H2,1-2H3,(H,30,34)(H,31,35). The number of likely N-dealkylation sites (tertiary alicyclic amines) is 1. The number of anilines is 3. The van der Waals surface area contributed by atoms with Gasteiger partial charge in [0, 0.05) is 18.8 Å². The van der Waals surface area contributed by atoms with Crippen LogP contribution in [0.15, 0.2) is 60.8 Å². The smallest absolute Gasteiger partial charge is 0.331 e. The molecule has 4 heterocycles. The largest absolute Gasteiger partial charge is 0.457 e. The highest BCUT2D eigenvalue weighted by Gasteiger charge is 2.33. The van der Waals surface area contributed by atoms with Crippen molar-refractivity contribution in [2.45, 2.75) is 25.8 Å². The van der Waals surface area contributed by atoms with Gasteiger partial charge in [0.25, 0.3) is 5.91 Å². The van der Waals surface area contributed by atoms with Crippen molar-refractivity contribution in [3.05, 3.63) is 71.2 Å². The molecule has 0 aliphatic carbocycles. The molecular weight excluding hydrogens is 486 g/mol. The van der Waals surface area contributed by atoms with Crippen LogP contribution < -0.4 is 20.3 Å². The summed E-state index contributed by atoms with van der Waals surface area (Å²) in [4.78, 5) is 36.2. The number of urea groups is 1. The van der Waals surface area contributed by atoms with Crippen LogP contribution in [0, 0.1) is 6.92 Å². The molecule has 1 unspecified atom stereocenters. The lowest BCUT2D eigenvalue weighted by Crippen LogP contribution is -2.38. The van der Waals surface area contributed by atoms with Gasteiger partial charge in [0.15, 0.2) is 0 Å². The van der Waals surface area contributed by atoms with Crippen LogP contribution in [0.3, 0.4) is 0 Å². The summed E-state index contributed by atoms with van der Waals surface area (Å²) in [6, 6.07) is 17.1. The molecule has 0 bridgehead atoms. The number of ether oxygens (including phenoxy) is 1. The van der Waals surface area contributed by atoms with E-state index < -0.39 is 0 Å². The summed E-state index contributed by atoms with van der Waals surface area (Å²) < 4.78 is 5.96. The number of thiophene rings is 1. The van der Waals surface area contributed by atoms with Gasteiger partial charge in [-0.15, -0.1) is 11.3 Å². The van der Waals surface area contributed by atoms with Crippen molar-refractivity contribution in [2.75, 3.05) is 30.4 Å². The number of carbonyl (C=O) groups excluding carboxylic acids is 2. The number of aromatic nitrogens is 1. The molecule has 0 radical (unpaired) electrons. The number of nitrogens with zero attached hydrogens (tertiary/aromatic N) is 3. The number of hydrogen-bond donors (Lipinski definition) is 2. The summed E-state index contributed by atoms with van der Waals surface area (Å²) in [7, 11) is 2.08. The molecule has 188 valence electrons. The molecule has 8 nitrogen and oxygen atoms in total. The minimum atomic E-state index is -0.317. The molecule has 37 heavy (non-hydrogen) atoms. The number of likely N-dealkylation sites (N-methyl/N-ethyl adjacent to an activating group) is 1. The first kappa shape index (κ1) is 23.4. The van der Waals surface area contributed by atoms with Crippen molar-refractivity contribution < 1.29 is 14.3 Å². The summed E-state index contributed by atoms with van der Waals surface area (Å²) in [5, 5.41) is 6.82. The third kappa shape index (κ3) is 4.30. The fourth-order valence-corrected chi connectivity index (χ4v) is 6.11. The highest BCUT2D eigenvalue weighted by molar-refractivity contribution is 7.21. The molecule has 2 aliphatic rings. The number of benzene rings is 2. The van der Waals surface area contributed by atoms with Crippen molar-refractivity contribution in [1.82, 2.24) is 15.2 Å². The molecule has 3 amide bonds. The van der Waals surface area contributed by atoms with Crippen LogP contribution in [0.4, 0.5) is 21.9 Å². The van der Waals surface area contributed by atoms with Crippen LogP contribution in [0.2, 0.25) is 0 Å². The molecule has 4 aromatic rings. The third-order valence-electron chi connectivity index (χ3n) is 7.01. The molecule has 1 saturated heterocycles. The lowest BCUT2D eigenvalue weighted by atomic mass is 10.1. The van der Waals surface area contributed by atoms with Crippen LogP contribution in [-0.4, -0.2) is 48.0 Å². The minimum absolute atomic E-state index is 0.184. The van der Waals surface area contributed by atoms with Gasteiger partial charge in [0.1, 0.15) is 21.2 Å². The van der Waals surface area contributed by atoms with Gasteiger partial charge in [-0.1, -0.05) is 18.2 Å². The van der Waals surface area contributed by atoms with E-state index in [0.29, 0.717) is 39.4 Å². The average molecular weight is 514 g/mol. The molecule has 2 aromatic heterocycles. The molecule has 1 atom stereocenters. The second-order valence-corrected chi connectivity index (χ2v) is 10.4. The molecule has 6 rings (SSSR count). The van der Waals surface area contributed by atoms with Crippen LogP contribution in [0.1, 0.15) is 28.1 Å². The zero-order chi connectivity index (χ0) is 25.5. The zero-order valence-electron chi connectivity index (χ0n) is 20.7. The Bertz CT molecular complexity index is 1500. The number of amides is 3. The van der Waals surface area contributed by atoms with Crippen LogP contribution in [0.25, 0.3) is 10.2 Å². The van der Waals surface area contributed by atoms with Gasteiger partial charge in [-0.3, -0.25) is 9.69 Å². The van der Waals surface area contributed by atoms with Gasteiger partial charge in [-0.25, -0.2) is 9.78 Å². The fraction of sp³-hybridized carbons (Fsp3) is 0.250. The maximum atomic E-state index is 13.4. The Morgan fingerprint density at radius 2 is 2.00 bits per heavy atom. The summed E-state index contributed by atoms with van der Waals surface area (Å²) >= 11 is 1.30. The van der Waals surface area contributed by atoms with E-state index in [2.05, 4.69) is 27.6 Å². The number of carbonyl (C=O) groups is 2. The highest BCUT2D eigenvalue weighted by Crippen LogP contribution is 2.46. The van der Waals surface area contributed by atoms with Gasteiger partial charge < -0.3 is 20.3 Å². The van der Waals surface area contributed by atoms with E-state index in [0.717, 1.165) is 41.8 Å². The van der Waals surface area contributed by atoms with E-state index in [1.165, 1.54) is 11.3 Å². The Balaban J connectivity index is 1.31. The summed E-state index contributed by atoms with van der Waals surface area (Å²) in [6.45, 7) is 3.58. The molecule has 9 heteroatoms.